The molecule has 1 unspecified atom stereocenters. The number of anilines is 1. The van der Waals surface area contributed by atoms with E-state index in [-0.39, 0.29) is 23.4 Å². The highest BCUT2D eigenvalue weighted by Gasteiger charge is 2.22. The minimum atomic E-state index is -3.62. The Labute approximate surface area is 137 Å². The second-order valence-corrected chi connectivity index (χ2v) is 8.12. The van der Waals surface area contributed by atoms with E-state index < -0.39 is 10.0 Å². The lowest BCUT2D eigenvalue weighted by Crippen LogP contribution is -2.41. The van der Waals surface area contributed by atoms with Gasteiger partial charge in [0, 0.05) is 24.7 Å². The van der Waals surface area contributed by atoms with Crippen LogP contribution >= 0.6 is 0 Å². The molecule has 2 rings (SSSR count). The number of fused-ring (bicyclic) bond motifs is 1. The predicted molar refractivity (Wildman–Crippen MR) is 90.6 cm³/mol. The zero-order valence-corrected chi connectivity index (χ0v) is 14.4. The minimum Gasteiger partial charge on any atom is -0.329 e. The molecule has 1 amide bonds. The number of hydrogen-bond acceptors (Lipinski definition) is 4. The van der Waals surface area contributed by atoms with E-state index in [0.29, 0.717) is 37.3 Å². The molecule has 1 atom stereocenters. The van der Waals surface area contributed by atoms with Gasteiger partial charge in [0.15, 0.2) is 0 Å². The van der Waals surface area contributed by atoms with Gasteiger partial charge in [0.25, 0.3) is 0 Å². The molecule has 0 aromatic heterocycles. The zero-order valence-electron chi connectivity index (χ0n) is 13.6. The van der Waals surface area contributed by atoms with Crippen molar-refractivity contribution in [2.24, 2.45) is 11.7 Å². The van der Waals surface area contributed by atoms with Crippen LogP contribution in [0.5, 0.6) is 0 Å². The van der Waals surface area contributed by atoms with E-state index in [0.717, 1.165) is 5.56 Å². The van der Waals surface area contributed by atoms with Gasteiger partial charge in [0.05, 0.1) is 4.90 Å². The van der Waals surface area contributed by atoms with E-state index in [2.05, 4.69) is 10.0 Å². The van der Waals surface area contributed by atoms with Crippen LogP contribution in [0.1, 0.15) is 38.7 Å². The number of amides is 1. The molecular formula is C16H25N3O3S. The molecule has 1 heterocycles. The molecule has 0 fully saturated rings. The normalized spacial score (nSPS) is 16.6. The van der Waals surface area contributed by atoms with Gasteiger partial charge in [-0.05, 0) is 48.9 Å². The summed E-state index contributed by atoms with van der Waals surface area (Å²) in [5.74, 6) is 0.325. The molecule has 0 bridgehead atoms. The first-order valence-electron chi connectivity index (χ1n) is 7.97. The third kappa shape index (κ3) is 4.76. The molecule has 0 spiro atoms. The molecule has 7 heteroatoms. The van der Waals surface area contributed by atoms with Crippen molar-refractivity contribution >= 4 is 21.6 Å². The van der Waals surface area contributed by atoms with Crippen molar-refractivity contribution in [1.82, 2.24) is 4.72 Å². The molecule has 1 aromatic carbocycles. The molecular weight excluding hydrogens is 314 g/mol. The summed E-state index contributed by atoms with van der Waals surface area (Å²) < 4.78 is 27.8. The van der Waals surface area contributed by atoms with Gasteiger partial charge < -0.3 is 11.1 Å². The Kier molecular flexibility index (Phi) is 5.78. The molecule has 6 nitrogen and oxygen atoms in total. The minimum absolute atomic E-state index is 0.0300. The highest BCUT2D eigenvalue weighted by molar-refractivity contribution is 7.89. The van der Waals surface area contributed by atoms with Gasteiger partial charge >= 0.3 is 0 Å². The monoisotopic (exact) mass is 339 g/mol. The molecule has 128 valence electrons. The molecule has 0 saturated heterocycles. The number of benzene rings is 1. The fraction of sp³-hybridized carbons (Fsp3) is 0.562. The fourth-order valence-corrected chi connectivity index (χ4v) is 4.08. The highest BCUT2D eigenvalue weighted by Crippen LogP contribution is 2.25. The Morgan fingerprint density at radius 3 is 2.70 bits per heavy atom. The smallest absolute Gasteiger partial charge is 0.240 e. The van der Waals surface area contributed by atoms with Crippen molar-refractivity contribution in [3.05, 3.63) is 23.8 Å². The molecule has 23 heavy (non-hydrogen) atoms. The predicted octanol–water partition coefficient (Wildman–Crippen LogP) is 1.61. The van der Waals surface area contributed by atoms with Gasteiger partial charge in [0.2, 0.25) is 15.9 Å². The lowest BCUT2D eigenvalue weighted by molar-refractivity contribution is -0.116. The second kappa shape index (κ2) is 7.42. The van der Waals surface area contributed by atoms with Crippen LogP contribution in [-0.2, 0) is 21.2 Å². The van der Waals surface area contributed by atoms with Gasteiger partial charge in [-0.15, -0.1) is 0 Å². The largest absolute Gasteiger partial charge is 0.329 e. The molecule has 1 aliphatic heterocycles. The zero-order chi connectivity index (χ0) is 17.0. The van der Waals surface area contributed by atoms with E-state index in [1.807, 2.05) is 13.8 Å². The highest BCUT2D eigenvalue weighted by atomic mass is 32.2. The Morgan fingerprint density at radius 1 is 1.30 bits per heavy atom. The number of sulfonamides is 1. The number of rotatable bonds is 6. The van der Waals surface area contributed by atoms with Crippen LogP contribution in [0.4, 0.5) is 5.69 Å². The van der Waals surface area contributed by atoms with E-state index >= 15 is 0 Å². The lowest BCUT2D eigenvalue weighted by Gasteiger charge is -2.19. The van der Waals surface area contributed by atoms with Crippen LogP contribution in [0.2, 0.25) is 0 Å². The van der Waals surface area contributed by atoms with Crippen LogP contribution in [0.25, 0.3) is 0 Å². The topological polar surface area (TPSA) is 101 Å². The van der Waals surface area contributed by atoms with Gasteiger partial charge in [-0.2, -0.15) is 0 Å². The lowest BCUT2D eigenvalue weighted by atomic mass is 10.1. The average Bonchev–Trinajstić information content (AvgIpc) is 2.65. The molecule has 4 N–H and O–H groups in total. The summed E-state index contributed by atoms with van der Waals surface area (Å²) in [6.07, 6.45) is 2.55. The average molecular weight is 339 g/mol. The Bertz CT molecular complexity index is 671. The molecule has 0 saturated carbocycles. The maximum Gasteiger partial charge on any atom is 0.240 e. The summed E-state index contributed by atoms with van der Waals surface area (Å²) in [5.41, 5.74) is 7.23. The standard InChI is InChI=1S/C16H25N3O3S/c1-11(2)8-13(10-17)19-23(21,22)14-6-7-15-12(9-14)4-3-5-16(20)18-15/h6-7,9,11,13,19H,3-5,8,10,17H2,1-2H3,(H,18,20). The van der Waals surface area contributed by atoms with E-state index in [1.165, 1.54) is 6.07 Å². The number of nitrogens with one attached hydrogen (secondary N) is 2. The van der Waals surface area contributed by atoms with Crippen LogP contribution in [0.3, 0.4) is 0 Å². The summed E-state index contributed by atoms with van der Waals surface area (Å²) in [6.45, 7) is 4.32. The van der Waals surface area contributed by atoms with E-state index in [4.69, 9.17) is 5.73 Å². The summed E-state index contributed by atoms with van der Waals surface area (Å²) in [5, 5.41) is 2.80. The van der Waals surface area contributed by atoms with Crippen molar-refractivity contribution in [3.8, 4) is 0 Å². The molecule has 1 aromatic rings. The van der Waals surface area contributed by atoms with Crippen molar-refractivity contribution in [1.29, 1.82) is 0 Å². The third-order valence-corrected chi connectivity index (χ3v) is 5.39. The number of nitrogens with two attached hydrogens (primary N) is 1. The summed E-state index contributed by atoms with van der Waals surface area (Å²) >= 11 is 0. The van der Waals surface area contributed by atoms with Crippen LogP contribution < -0.4 is 15.8 Å². The second-order valence-electron chi connectivity index (χ2n) is 6.40. The maximum absolute atomic E-state index is 12.6. The number of hydrogen-bond donors (Lipinski definition) is 3. The Balaban J connectivity index is 2.23. The number of carbonyl (C=O) groups is 1. The first-order chi connectivity index (χ1) is 10.8. The van der Waals surface area contributed by atoms with E-state index in [9.17, 15) is 13.2 Å². The third-order valence-electron chi connectivity index (χ3n) is 3.87. The number of carbonyl (C=O) groups excluding carboxylic acids is 1. The van der Waals surface area contributed by atoms with Gasteiger partial charge in [0.1, 0.15) is 0 Å². The summed E-state index contributed by atoms with van der Waals surface area (Å²) in [7, 11) is -3.62. The first kappa shape index (κ1) is 17.9. The Hall–Kier alpha value is -1.44. The van der Waals surface area contributed by atoms with Crippen molar-refractivity contribution in [3.63, 3.8) is 0 Å². The van der Waals surface area contributed by atoms with Gasteiger partial charge in [-0.1, -0.05) is 13.8 Å². The first-order valence-corrected chi connectivity index (χ1v) is 9.45. The Morgan fingerprint density at radius 2 is 2.04 bits per heavy atom. The van der Waals surface area contributed by atoms with Crippen molar-refractivity contribution < 1.29 is 13.2 Å². The quantitative estimate of drug-likeness (QED) is 0.733. The van der Waals surface area contributed by atoms with Gasteiger partial charge in [-0.25, -0.2) is 13.1 Å². The summed E-state index contributed by atoms with van der Waals surface area (Å²) in [6, 6.07) is 4.55. The van der Waals surface area contributed by atoms with Gasteiger partial charge in [-0.3, -0.25) is 4.79 Å². The molecule has 0 aliphatic carbocycles. The number of aryl methyl sites for hydroxylation is 1. The fourth-order valence-electron chi connectivity index (χ4n) is 2.77. The molecule has 0 radical (unpaired) electrons. The van der Waals surface area contributed by atoms with Crippen LogP contribution in [0.15, 0.2) is 23.1 Å². The van der Waals surface area contributed by atoms with E-state index in [1.54, 1.807) is 12.1 Å². The summed E-state index contributed by atoms with van der Waals surface area (Å²) in [4.78, 5) is 11.8. The SMILES string of the molecule is CC(C)CC(CN)NS(=O)(=O)c1ccc2c(c1)CCCC(=O)N2. The van der Waals surface area contributed by atoms with Crippen LogP contribution in [0, 0.1) is 5.92 Å². The van der Waals surface area contributed by atoms with Crippen molar-refractivity contribution in [2.45, 2.75) is 50.5 Å². The molecule has 1 aliphatic rings. The van der Waals surface area contributed by atoms with Crippen LogP contribution in [-0.4, -0.2) is 26.9 Å². The van der Waals surface area contributed by atoms with Crippen molar-refractivity contribution in [2.75, 3.05) is 11.9 Å². The maximum atomic E-state index is 12.6.